The van der Waals surface area contributed by atoms with Gasteiger partial charge in [0, 0.05) is 24.7 Å². The van der Waals surface area contributed by atoms with Crippen molar-refractivity contribution in [3.8, 4) is 0 Å². The third-order valence-corrected chi connectivity index (χ3v) is 2.89. The molecule has 0 spiro atoms. The fraction of sp³-hybridized carbons (Fsp3) is 0.308. The van der Waals surface area contributed by atoms with Crippen molar-refractivity contribution in [2.75, 3.05) is 18.0 Å². The Morgan fingerprint density at radius 1 is 1.33 bits per heavy atom. The van der Waals surface area contributed by atoms with E-state index in [1.54, 1.807) is 24.4 Å². The van der Waals surface area contributed by atoms with Crippen LogP contribution in [0, 0.1) is 0 Å². The molecule has 0 radical (unpaired) electrons. The average Bonchev–Trinajstić information content (AvgIpc) is 2.39. The third-order valence-electron chi connectivity index (χ3n) is 2.89. The molecule has 0 unspecified atom stereocenters. The van der Waals surface area contributed by atoms with Gasteiger partial charge < -0.3 is 10.0 Å². The number of fused-ring (bicyclic) bond motifs is 1. The number of rotatable bonds is 4. The van der Waals surface area contributed by atoms with Gasteiger partial charge in [-0.05, 0) is 26.0 Å². The number of aromatic nitrogens is 2. The lowest BCUT2D eigenvalue weighted by atomic mass is 10.1. The zero-order chi connectivity index (χ0) is 13.1. The molecule has 5 nitrogen and oxygen atoms in total. The van der Waals surface area contributed by atoms with Gasteiger partial charge in [0.25, 0.3) is 0 Å². The van der Waals surface area contributed by atoms with E-state index in [1.165, 1.54) is 0 Å². The molecule has 1 N–H and O–H groups in total. The Morgan fingerprint density at radius 3 is 2.67 bits per heavy atom. The summed E-state index contributed by atoms with van der Waals surface area (Å²) in [4.78, 5) is 21.8. The molecule has 0 saturated carbocycles. The molecule has 0 aliphatic carbocycles. The molecule has 18 heavy (non-hydrogen) atoms. The number of carboxylic acid groups (broad SMARTS) is 1. The molecular weight excluding hydrogens is 230 g/mol. The van der Waals surface area contributed by atoms with Crippen LogP contribution in [0.2, 0.25) is 0 Å². The maximum atomic E-state index is 11.1. The van der Waals surface area contributed by atoms with Crippen LogP contribution in [0.5, 0.6) is 0 Å². The van der Waals surface area contributed by atoms with Crippen LogP contribution in [0.1, 0.15) is 24.2 Å². The van der Waals surface area contributed by atoms with E-state index in [0.29, 0.717) is 16.9 Å². The monoisotopic (exact) mass is 245 g/mol. The second kappa shape index (κ2) is 5.00. The summed E-state index contributed by atoms with van der Waals surface area (Å²) in [5.74, 6) is -0.324. The third kappa shape index (κ3) is 2.11. The van der Waals surface area contributed by atoms with Crippen molar-refractivity contribution < 1.29 is 9.90 Å². The first-order valence-electron chi connectivity index (χ1n) is 5.91. The molecule has 0 atom stereocenters. The number of aromatic carboxylic acids is 1. The summed E-state index contributed by atoms with van der Waals surface area (Å²) in [5, 5.41) is 9.66. The van der Waals surface area contributed by atoms with Crippen molar-refractivity contribution in [3.05, 3.63) is 30.0 Å². The maximum absolute atomic E-state index is 11.1. The summed E-state index contributed by atoms with van der Waals surface area (Å²) in [7, 11) is 0. The van der Waals surface area contributed by atoms with Crippen molar-refractivity contribution in [2.45, 2.75) is 13.8 Å². The van der Waals surface area contributed by atoms with Gasteiger partial charge in [-0.25, -0.2) is 14.8 Å². The normalized spacial score (nSPS) is 10.6. The first-order chi connectivity index (χ1) is 8.67. The van der Waals surface area contributed by atoms with Crippen LogP contribution in [0.3, 0.4) is 0 Å². The molecule has 1 aromatic heterocycles. The molecule has 0 amide bonds. The average molecular weight is 245 g/mol. The summed E-state index contributed by atoms with van der Waals surface area (Å²) >= 11 is 0. The van der Waals surface area contributed by atoms with Crippen LogP contribution in [-0.4, -0.2) is 34.1 Å². The number of nitrogens with zero attached hydrogens (tertiary/aromatic N) is 3. The van der Waals surface area contributed by atoms with Crippen molar-refractivity contribution in [1.29, 1.82) is 0 Å². The predicted molar refractivity (Wildman–Crippen MR) is 70.1 cm³/mol. The Labute approximate surface area is 105 Å². The number of hydrogen-bond acceptors (Lipinski definition) is 4. The highest BCUT2D eigenvalue weighted by molar-refractivity contribution is 6.02. The fourth-order valence-electron chi connectivity index (χ4n) is 1.89. The molecule has 0 saturated heterocycles. The smallest absolute Gasteiger partial charge is 0.336 e. The number of hydrogen-bond donors (Lipinski definition) is 1. The quantitative estimate of drug-likeness (QED) is 0.894. The fourth-order valence-corrected chi connectivity index (χ4v) is 1.89. The van der Waals surface area contributed by atoms with Crippen LogP contribution >= 0.6 is 0 Å². The molecule has 0 aliphatic rings. The number of carboxylic acids is 1. The van der Waals surface area contributed by atoms with Crippen LogP contribution < -0.4 is 4.90 Å². The van der Waals surface area contributed by atoms with Crippen LogP contribution in [-0.2, 0) is 0 Å². The number of benzene rings is 1. The van der Waals surface area contributed by atoms with Crippen LogP contribution in [0.15, 0.2) is 24.4 Å². The van der Waals surface area contributed by atoms with Gasteiger partial charge in [-0.3, -0.25) is 0 Å². The van der Waals surface area contributed by atoms with Gasteiger partial charge >= 0.3 is 5.97 Å². The van der Waals surface area contributed by atoms with Gasteiger partial charge in [-0.2, -0.15) is 0 Å². The minimum absolute atomic E-state index is 0.235. The van der Waals surface area contributed by atoms with E-state index in [9.17, 15) is 4.79 Å². The van der Waals surface area contributed by atoms with Gasteiger partial charge in [0.1, 0.15) is 0 Å². The molecular formula is C13H15N3O2. The lowest BCUT2D eigenvalue weighted by Gasteiger charge is -2.18. The Balaban J connectivity index is 2.56. The van der Waals surface area contributed by atoms with Gasteiger partial charge in [-0.1, -0.05) is 6.07 Å². The number of carbonyl (C=O) groups is 1. The molecule has 0 fully saturated rings. The van der Waals surface area contributed by atoms with Gasteiger partial charge in [0.2, 0.25) is 5.95 Å². The highest BCUT2D eigenvalue weighted by atomic mass is 16.4. The van der Waals surface area contributed by atoms with Crippen molar-refractivity contribution in [2.24, 2.45) is 0 Å². The predicted octanol–water partition coefficient (Wildman–Crippen LogP) is 2.17. The SMILES string of the molecule is CCN(CC)c1ncc2c(C(=O)O)cccc2n1. The standard InChI is InChI=1S/C13H15N3O2/c1-3-16(4-2)13-14-8-10-9(12(17)18)6-5-7-11(10)15-13/h5-8H,3-4H2,1-2H3,(H,17,18). The van der Waals surface area contributed by atoms with Crippen LogP contribution in [0.4, 0.5) is 5.95 Å². The molecule has 5 heteroatoms. The highest BCUT2D eigenvalue weighted by Crippen LogP contribution is 2.19. The lowest BCUT2D eigenvalue weighted by Crippen LogP contribution is -2.24. The minimum atomic E-state index is -0.959. The second-order valence-corrected chi connectivity index (χ2v) is 3.89. The Hall–Kier alpha value is -2.17. The molecule has 2 rings (SSSR count). The van der Waals surface area contributed by atoms with E-state index in [-0.39, 0.29) is 5.56 Å². The largest absolute Gasteiger partial charge is 0.478 e. The maximum Gasteiger partial charge on any atom is 0.336 e. The zero-order valence-corrected chi connectivity index (χ0v) is 10.4. The molecule has 2 aromatic rings. The molecule has 1 heterocycles. The van der Waals surface area contributed by atoms with E-state index in [4.69, 9.17) is 5.11 Å². The van der Waals surface area contributed by atoms with E-state index >= 15 is 0 Å². The summed E-state index contributed by atoms with van der Waals surface area (Å²) in [6.45, 7) is 5.71. The van der Waals surface area contributed by atoms with E-state index < -0.39 is 5.97 Å². The first kappa shape index (κ1) is 12.3. The van der Waals surface area contributed by atoms with Crippen molar-refractivity contribution in [3.63, 3.8) is 0 Å². The molecule has 1 aromatic carbocycles. The number of anilines is 1. The van der Waals surface area contributed by atoms with Crippen molar-refractivity contribution >= 4 is 22.8 Å². The summed E-state index contributed by atoms with van der Waals surface area (Å²) in [5.41, 5.74) is 0.894. The second-order valence-electron chi connectivity index (χ2n) is 3.89. The van der Waals surface area contributed by atoms with Crippen LogP contribution in [0.25, 0.3) is 10.9 Å². The van der Waals surface area contributed by atoms with E-state index in [2.05, 4.69) is 9.97 Å². The van der Waals surface area contributed by atoms with Gasteiger partial charge in [0.15, 0.2) is 0 Å². The molecule has 94 valence electrons. The molecule has 0 bridgehead atoms. The summed E-state index contributed by atoms with van der Waals surface area (Å²) in [6.07, 6.45) is 1.58. The zero-order valence-electron chi connectivity index (χ0n) is 10.4. The Kier molecular flexibility index (Phi) is 3.41. The Bertz CT molecular complexity index is 579. The topological polar surface area (TPSA) is 66.3 Å². The summed E-state index contributed by atoms with van der Waals surface area (Å²) in [6, 6.07) is 5.06. The van der Waals surface area contributed by atoms with E-state index in [1.807, 2.05) is 18.7 Å². The van der Waals surface area contributed by atoms with Crippen molar-refractivity contribution in [1.82, 2.24) is 9.97 Å². The lowest BCUT2D eigenvalue weighted by molar-refractivity contribution is 0.0699. The van der Waals surface area contributed by atoms with Gasteiger partial charge in [0.05, 0.1) is 11.1 Å². The first-order valence-corrected chi connectivity index (χ1v) is 5.91. The summed E-state index contributed by atoms with van der Waals surface area (Å²) < 4.78 is 0. The minimum Gasteiger partial charge on any atom is -0.478 e. The molecule has 0 aliphatic heterocycles. The highest BCUT2D eigenvalue weighted by Gasteiger charge is 2.11. The Morgan fingerprint density at radius 2 is 2.06 bits per heavy atom. The van der Waals surface area contributed by atoms with E-state index in [0.717, 1.165) is 13.1 Å². The van der Waals surface area contributed by atoms with Gasteiger partial charge in [-0.15, -0.1) is 0 Å².